The van der Waals surface area contributed by atoms with Gasteiger partial charge in [-0.25, -0.2) is 8.42 Å². The summed E-state index contributed by atoms with van der Waals surface area (Å²) < 4.78 is 26.8. The van der Waals surface area contributed by atoms with Gasteiger partial charge in [0.25, 0.3) is 0 Å². The van der Waals surface area contributed by atoms with Gasteiger partial charge in [0.15, 0.2) is 5.78 Å². The molecule has 0 N–H and O–H groups in total. The number of aryl methyl sites for hydroxylation is 2. The first-order valence-corrected chi connectivity index (χ1v) is 10.2. The fraction of sp³-hybridized carbons (Fsp3) is 0.350. The van der Waals surface area contributed by atoms with Crippen LogP contribution in [0, 0.1) is 13.8 Å². The molecule has 0 saturated carbocycles. The van der Waals surface area contributed by atoms with E-state index < -0.39 is 10.0 Å². The molecule has 6 heteroatoms. The summed E-state index contributed by atoms with van der Waals surface area (Å²) >= 11 is 0. The van der Waals surface area contributed by atoms with E-state index in [-0.39, 0.29) is 5.78 Å². The maximum Gasteiger partial charge on any atom is 0.243 e. The molecular formula is C20H24N2O3S. The molecule has 1 aliphatic heterocycles. The van der Waals surface area contributed by atoms with Crippen molar-refractivity contribution in [1.29, 1.82) is 0 Å². The Morgan fingerprint density at radius 3 is 2.27 bits per heavy atom. The minimum absolute atomic E-state index is 0.0885. The van der Waals surface area contributed by atoms with E-state index in [4.69, 9.17) is 0 Å². The number of Topliss-reactive ketones (excluding diaryl/α,β-unsaturated/α-hetero) is 1. The Labute approximate surface area is 155 Å². The van der Waals surface area contributed by atoms with E-state index in [1.165, 1.54) is 4.31 Å². The molecule has 0 aromatic heterocycles. The van der Waals surface area contributed by atoms with Crippen molar-refractivity contribution in [2.45, 2.75) is 18.7 Å². The Balaban J connectivity index is 1.62. The molecule has 2 aromatic rings. The number of hydrogen-bond acceptors (Lipinski definition) is 4. The van der Waals surface area contributed by atoms with Crippen LogP contribution in [0.4, 0.5) is 0 Å². The summed E-state index contributed by atoms with van der Waals surface area (Å²) in [5.74, 6) is 0.0885. The molecule has 1 heterocycles. The van der Waals surface area contributed by atoms with E-state index in [2.05, 4.69) is 0 Å². The molecule has 26 heavy (non-hydrogen) atoms. The summed E-state index contributed by atoms with van der Waals surface area (Å²) in [6, 6.07) is 14.4. The summed E-state index contributed by atoms with van der Waals surface area (Å²) in [5, 5.41) is 0. The number of sulfonamides is 1. The Kier molecular flexibility index (Phi) is 5.55. The van der Waals surface area contributed by atoms with Gasteiger partial charge >= 0.3 is 0 Å². The van der Waals surface area contributed by atoms with Gasteiger partial charge in [0.05, 0.1) is 11.4 Å². The van der Waals surface area contributed by atoms with Crippen LogP contribution in [0.1, 0.15) is 21.5 Å². The van der Waals surface area contributed by atoms with Gasteiger partial charge in [0.2, 0.25) is 10.0 Å². The molecule has 1 saturated heterocycles. The van der Waals surface area contributed by atoms with Crippen molar-refractivity contribution >= 4 is 15.8 Å². The standard InChI is InChI=1S/C20H24N2O3S/c1-16-8-9-17(2)19(14-16)20(23)15-21-10-12-22(13-11-21)26(24,25)18-6-4-3-5-7-18/h3-9,14H,10-13,15H2,1-2H3. The molecule has 2 aromatic carbocycles. The Bertz CT molecular complexity index is 887. The third-order valence-electron chi connectivity index (χ3n) is 4.77. The van der Waals surface area contributed by atoms with Crippen LogP contribution in [0.3, 0.4) is 0 Å². The van der Waals surface area contributed by atoms with Gasteiger partial charge in [-0.1, -0.05) is 35.9 Å². The second kappa shape index (κ2) is 7.70. The predicted octanol–water partition coefficient (Wildman–Crippen LogP) is 2.49. The lowest BCUT2D eigenvalue weighted by atomic mass is 10.0. The largest absolute Gasteiger partial charge is 0.293 e. The van der Waals surface area contributed by atoms with Crippen molar-refractivity contribution in [2.75, 3.05) is 32.7 Å². The molecule has 1 aliphatic rings. The fourth-order valence-corrected chi connectivity index (χ4v) is 4.64. The number of hydrogen-bond donors (Lipinski definition) is 0. The normalized spacial score (nSPS) is 16.5. The maximum atomic E-state index is 12.7. The highest BCUT2D eigenvalue weighted by Crippen LogP contribution is 2.18. The summed E-state index contributed by atoms with van der Waals surface area (Å²) in [6.07, 6.45) is 0. The number of carbonyl (C=O) groups is 1. The van der Waals surface area contributed by atoms with Gasteiger partial charge < -0.3 is 0 Å². The van der Waals surface area contributed by atoms with Crippen molar-refractivity contribution in [1.82, 2.24) is 9.21 Å². The molecule has 0 atom stereocenters. The average Bonchev–Trinajstić information content (AvgIpc) is 2.65. The molecule has 0 radical (unpaired) electrons. The summed E-state index contributed by atoms with van der Waals surface area (Å²) in [5.41, 5.74) is 2.80. The van der Waals surface area contributed by atoms with Gasteiger partial charge in [-0.2, -0.15) is 4.31 Å². The Morgan fingerprint density at radius 2 is 1.62 bits per heavy atom. The zero-order chi connectivity index (χ0) is 18.7. The van der Waals surface area contributed by atoms with Crippen LogP contribution in [-0.4, -0.2) is 56.1 Å². The third-order valence-corrected chi connectivity index (χ3v) is 6.69. The molecule has 0 spiro atoms. The first-order valence-electron chi connectivity index (χ1n) is 8.76. The average molecular weight is 372 g/mol. The van der Waals surface area contributed by atoms with Crippen LogP contribution in [0.5, 0.6) is 0 Å². The SMILES string of the molecule is Cc1ccc(C)c(C(=O)CN2CCN(S(=O)(=O)c3ccccc3)CC2)c1. The number of rotatable bonds is 5. The summed E-state index contributed by atoms with van der Waals surface area (Å²) in [6.45, 7) is 6.16. The molecule has 0 amide bonds. The van der Waals surface area contributed by atoms with Gasteiger partial charge in [-0.3, -0.25) is 9.69 Å². The second-order valence-corrected chi connectivity index (χ2v) is 8.67. The summed E-state index contributed by atoms with van der Waals surface area (Å²) in [4.78, 5) is 15.0. The maximum absolute atomic E-state index is 12.7. The van der Waals surface area contributed by atoms with E-state index in [1.807, 2.05) is 36.9 Å². The number of carbonyl (C=O) groups excluding carboxylic acids is 1. The van der Waals surface area contributed by atoms with Crippen LogP contribution >= 0.6 is 0 Å². The van der Waals surface area contributed by atoms with E-state index in [0.29, 0.717) is 37.6 Å². The van der Waals surface area contributed by atoms with Crippen LogP contribution in [0.25, 0.3) is 0 Å². The van der Waals surface area contributed by atoms with E-state index in [9.17, 15) is 13.2 Å². The van der Waals surface area contributed by atoms with Crippen molar-refractivity contribution in [3.8, 4) is 0 Å². The molecule has 1 fully saturated rings. The van der Waals surface area contributed by atoms with Gasteiger partial charge in [0, 0.05) is 31.7 Å². The Morgan fingerprint density at radius 1 is 0.962 bits per heavy atom. The number of ketones is 1. The molecule has 0 bridgehead atoms. The molecular weight excluding hydrogens is 348 g/mol. The van der Waals surface area contributed by atoms with Crippen molar-refractivity contribution in [2.24, 2.45) is 0 Å². The smallest absolute Gasteiger partial charge is 0.243 e. The topological polar surface area (TPSA) is 57.7 Å². The molecule has 0 unspecified atom stereocenters. The van der Waals surface area contributed by atoms with Crippen molar-refractivity contribution in [3.63, 3.8) is 0 Å². The van der Waals surface area contributed by atoms with Crippen molar-refractivity contribution in [3.05, 3.63) is 65.2 Å². The quantitative estimate of drug-likeness (QED) is 0.757. The van der Waals surface area contributed by atoms with Gasteiger partial charge in [0.1, 0.15) is 0 Å². The van der Waals surface area contributed by atoms with E-state index in [0.717, 1.165) is 16.7 Å². The third kappa shape index (κ3) is 4.03. The zero-order valence-corrected chi connectivity index (χ0v) is 16.0. The van der Waals surface area contributed by atoms with E-state index >= 15 is 0 Å². The van der Waals surface area contributed by atoms with Crippen LogP contribution < -0.4 is 0 Å². The number of piperazine rings is 1. The first kappa shape index (κ1) is 18.8. The van der Waals surface area contributed by atoms with Crippen molar-refractivity contribution < 1.29 is 13.2 Å². The summed E-state index contributed by atoms with van der Waals surface area (Å²) in [7, 11) is -3.46. The Hall–Kier alpha value is -2.02. The minimum atomic E-state index is -3.46. The minimum Gasteiger partial charge on any atom is -0.293 e. The van der Waals surface area contributed by atoms with Crippen LogP contribution in [0.2, 0.25) is 0 Å². The molecule has 0 aliphatic carbocycles. The molecule has 5 nitrogen and oxygen atoms in total. The first-order chi connectivity index (χ1) is 12.4. The monoisotopic (exact) mass is 372 g/mol. The highest BCUT2D eigenvalue weighted by atomic mass is 32.2. The number of benzene rings is 2. The number of nitrogens with zero attached hydrogens (tertiary/aromatic N) is 2. The predicted molar refractivity (Wildman–Crippen MR) is 102 cm³/mol. The van der Waals surface area contributed by atoms with Crippen LogP contribution in [-0.2, 0) is 10.0 Å². The lowest BCUT2D eigenvalue weighted by Crippen LogP contribution is -2.49. The molecule has 3 rings (SSSR count). The second-order valence-electron chi connectivity index (χ2n) is 6.73. The van der Waals surface area contributed by atoms with E-state index in [1.54, 1.807) is 30.3 Å². The fourth-order valence-electron chi connectivity index (χ4n) is 3.19. The van der Waals surface area contributed by atoms with Gasteiger partial charge in [-0.05, 0) is 37.6 Å². The highest BCUT2D eigenvalue weighted by Gasteiger charge is 2.29. The highest BCUT2D eigenvalue weighted by molar-refractivity contribution is 7.89. The lowest BCUT2D eigenvalue weighted by Gasteiger charge is -2.33. The lowest BCUT2D eigenvalue weighted by molar-refractivity contribution is 0.0901. The zero-order valence-electron chi connectivity index (χ0n) is 15.2. The molecule has 138 valence electrons. The van der Waals surface area contributed by atoms with Crippen LogP contribution in [0.15, 0.2) is 53.4 Å². The van der Waals surface area contributed by atoms with Gasteiger partial charge in [-0.15, -0.1) is 0 Å².